The van der Waals surface area contributed by atoms with Crippen LogP contribution in [0.4, 0.5) is 0 Å². The molecule has 31 heavy (non-hydrogen) atoms. The fraction of sp³-hybridized carbons (Fsp3) is 0.833. The number of fused-ring (bicyclic) bond motifs is 5. The number of allylic oxidation sites excluding steroid dienone is 1. The lowest BCUT2D eigenvalue weighted by Gasteiger charge is -2.64. The van der Waals surface area contributed by atoms with Crippen molar-refractivity contribution in [3.8, 4) is 0 Å². The Morgan fingerprint density at radius 2 is 1.81 bits per heavy atom. The lowest BCUT2D eigenvalue weighted by atomic mass is 9.43. The molecular weight excluding hydrogens is 392 g/mol. The Balaban J connectivity index is 1.61. The zero-order chi connectivity index (χ0) is 22.7. The van der Waals surface area contributed by atoms with Crippen LogP contribution in [0.3, 0.4) is 0 Å². The van der Waals surface area contributed by atoms with Gasteiger partial charge in [-0.15, -0.1) is 0 Å². The van der Waals surface area contributed by atoms with Crippen LogP contribution in [0.2, 0.25) is 0 Å². The maximum Gasteiger partial charge on any atom is 0.206 e. The molecule has 4 aliphatic rings. The molecule has 0 unspecified atom stereocenters. The van der Waals surface area contributed by atoms with Gasteiger partial charge in [0.2, 0.25) is 5.96 Å². The molecule has 174 valence electrons. The molecule has 0 aromatic heterocycles. The van der Waals surface area contributed by atoms with Gasteiger partial charge in [0.25, 0.3) is 0 Å². The second-order valence-electron chi connectivity index (χ2n) is 11.3. The number of aliphatic hydroxyl groups excluding tert-OH is 1. The summed E-state index contributed by atoms with van der Waals surface area (Å²) >= 11 is 0. The van der Waals surface area contributed by atoms with E-state index >= 15 is 0 Å². The summed E-state index contributed by atoms with van der Waals surface area (Å²) in [7, 11) is 0. The van der Waals surface area contributed by atoms with E-state index in [0.717, 1.165) is 50.5 Å². The molecule has 0 amide bonds. The number of hydrogen-bond donors (Lipinski definition) is 6. The normalized spacial score (nSPS) is 49.9. The number of hydrogen-bond acceptors (Lipinski definition) is 5. The number of nitrogens with two attached hydrogens (primary N) is 1. The Morgan fingerprint density at radius 3 is 2.52 bits per heavy atom. The quantitative estimate of drug-likeness (QED) is 0.232. The van der Waals surface area contributed by atoms with Gasteiger partial charge in [0.1, 0.15) is 0 Å². The van der Waals surface area contributed by atoms with Crippen LogP contribution in [0.5, 0.6) is 0 Å². The van der Waals surface area contributed by atoms with E-state index in [1.54, 1.807) is 6.21 Å². The molecule has 4 fully saturated rings. The van der Waals surface area contributed by atoms with Crippen LogP contribution in [0.15, 0.2) is 16.8 Å². The monoisotopic (exact) mass is 432 g/mol. The Hall–Kier alpha value is -1.44. The minimum absolute atomic E-state index is 0.171. The van der Waals surface area contributed by atoms with Gasteiger partial charge in [0.15, 0.2) is 0 Å². The van der Waals surface area contributed by atoms with E-state index < -0.39 is 16.6 Å². The summed E-state index contributed by atoms with van der Waals surface area (Å²) in [5.74, 6) is 0.949. The van der Waals surface area contributed by atoms with Crippen molar-refractivity contribution in [3.05, 3.63) is 11.6 Å². The van der Waals surface area contributed by atoms with Gasteiger partial charge in [0.05, 0.1) is 17.3 Å². The van der Waals surface area contributed by atoms with Crippen molar-refractivity contribution in [2.75, 3.05) is 0 Å². The predicted molar refractivity (Wildman–Crippen MR) is 121 cm³/mol. The van der Waals surface area contributed by atoms with E-state index in [4.69, 9.17) is 11.1 Å². The molecule has 4 rings (SSSR count). The summed E-state index contributed by atoms with van der Waals surface area (Å²) in [5.41, 5.74) is 6.02. The first-order valence-corrected chi connectivity index (χ1v) is 11.9. The highest BCUT2D eigenvalue weighted by Crippen LogP contribution is 2.70. The molecule has 8 atom stereocenters. The van der Waals surface area contributed by atoms with Crippen LogP contribution in [0, 0.1) is 34.0 Å². The highest BCUT2D eigenvalue weighted by molar-refractivity contribution is 5.81. The molecule has 0 saturated heterocycles. The van der Waals surface area contributed by atoms with Gasteiger partial charge in [0, 0.05) is 11.6 Å². The van der Waals surface area contributed by atoms with Gasteiger partial charge in [-0.2, -0.15) is 5.10 Å². The number of hydrazone groups is 1. The van der Waals surface area contributed by atoms with Gasteiger partial charge in [-0.25, -0.2) is 5.43 Å². The first-order valence-electron chi connectivity index (χ1n) is 11.9. The average molecular weight is 433 g/mol. The molecule has 0 heterocycles. The molecule has 0 aliphatic heterocycles. The lowest BCUT2D eigenvalue weighted by molar-refractivity contribution is -0.227. The molecule has 7 nitrogen and oxygen atoms in total. The maximum absolute atomic E-state index is 12.2. The second kappa shape index (κ2) is 7.56. The molecule has 7 heteroatoms. The molecule has 0 aromatic carbocycles. The fourth-order valence-electron chi connectivity index (χ4n) is 8.11. The van der Waals surface area contributed by atoms with E-state index in [1.165, 1.54) is 0 Å². The smallest absolute Gasteiger partial charge is 0.206 e. The van der Waals surface area contributed by atoms with Crippen molar-refractivity contribution >= 4 is 12.2 Å². The third-order valence-corrected chi connectivity index (χ3v) is 9.95. The van der Waals surface area contributed by atoms with E-state index in [9.17, 15) is 15.3 Å². The summed E-state index contributed by atoms with van der Waals surface area (Å²) in [6.07, 6.45) is 11.0. The maximum atomic E-state index is 12.2. The number of nitrogens with one attached hydrogen (secondary N) is 2. The van der Waals surface area contributed by atoms with Crippen LogP contribution in [0.1, 0.15) is 78.6 Å². The lowest BCUT2D eigenvalue weighted by Crippen LogP contribution is -2.65. The minimum Gasteiger partial charge on any atom is -0.393 e. The standard InChI is InChI=1S/C24H40N4O3/c1-15(14-27-28-20(25)26)13-23(30)10-11-24(31)19-5-4-16-12-17(29)6-8-21(16,2)18(19)7-9-22(23,24)3/h13-14,16-19,29-31H,4-12H2,1-3H3,(H4,25,26,28)/b15-13+,27-14+/t16-,17+,18+,19-,21+,22-,23+,24+/m1/s1. The van der Waals surface area contributed by atoms with Gasteiger partial charge in [-0.1, -0.05) is 13.8 Å². The number of rotatable bonds is 3. The Kier molecular flexibility index (Phi) is 5.55. The summed E-state index contributed by atoms with van der Waals surface area (Å²) < 4.78 is 0. The first kappa shape index (κ1) is 22.7. The average Bonchev–Trinajstić information content (AvgIpc) is 2.89. The zero-order valence-electron chi connectivity index (χ0n) is 19.2. The highest BCUT2D eigenvalue weighted by Gasteiger charge is 2.71. The Labute approximate surface area is 185 Å². The van der Waals surface area contributed by atoms with Gasteiger partial charge in [-0.05, 0) is 99.5 Å². The minimum atomic E-state index is -1.10. The number of aliphatic hydroxyl groups is 3. The van der Waals surface area contributed by atoms with Crippen molar-refractivity contribution in [1.29, 1.82) is 5.41 Å². The second-order valence-corrected chi connectivity index (χ2v) is 11.3. The summed E-state index contributed by atoms with van der Waals surface area (Å²) in [6.45, 7) is 6.34. The molecular formula is C24H40N4O3. The third-order valence-electron chi connectivity index (χ3n) is 9.95. The first-order chi connectivity index (χ1) is 14.5. The van der Waals surface area contributed by atoms with Gasteiger partial charge < -0.3 is 21.1 Å². The van der Waals surface area contributed by atoms with Crippen LogP contribution < -0.4 is 11.2 Å². The molecule has 4 saturated carbocycles. The van der Waals surface area contributed by atoms with Gasteiger partial charge in [-0.3, -0.25) is 5.41 Å². The molecule has 7 N–H and O–H groups in total. The zero-order valence-corrected chi connectivity index (χ0v) is 19.2. The number of nitrogens with zero attached hydrogens (tertiary/aromatic N) is 1. The molecule has 0 bridgehead atoms. The van der Waals surface area contributed by atoms with Gasteiger partial charge >= 0.3 is 0 Å². The van der Waals surface area contributed by atoms with E-state index in [1.807, 2.05) is 13.0 Å². The van der Waals surface area contributed by atoms with E-state index in [0.29, 0.717) is 24.7 Å². The third kappa shape index (κ3) is 3.35. The van der Waals surface area contributed by atoms with Crippen LogP contribution in [-0.2, 0) is 0 Å². The largest absolute Gasteiger partial charge is 0.393 e. The number of guanidine groups is 1. The molecule has 0 radical (unpaired) electrons. The van der Waals surface area contributed by atoms with Crippen LogP contribution in [-0.4, -0.2) is 44.8 Å². The summed E-state index contributed by atoms with van der Waals surface area (Å²) in [4.78, 5) is 0. The van der Waals surface area contributed by atoms with E-state index in [-0.39, 0.29) is 23.4 Å². The van der Waals surface area contributed by atoms with Crippen molar-refractivity contribution in [1.82, 2.24) is 5.43 Å². The van der Waals surface area contributed by atoms with Crippen molar-refractivity contribution in [2.24, 2.45) is 39.4 Å². The fourth-order valence-corrected chi connectivity index (χ4v) is 8.11. The Bertz CT molecular complexity index is 800. The predicted octanol–water partition coefficient (Wildman–Crippen LogP) is 2.65. The molecule has 0 spiro atoms. The molecule has 0 aromatic rings. The Morgan fingerprint density at radius 1 is 1.06 bits per heavy atom. The highest BCUT2D eigenvalue weighted by atomic mass is 16.3. The van der Waals surface area contributed by atoms with Crippen LogP contribution in [0.25, 0.3) is 0 Å². The van der Waals surface area contributed by atoms with Crippen molar-refractivity contribution in [3.63, 3.8) is 0 Å². The topological polar surface area (TPSA) is 135 Å². The molecule has 4 aliphatic carbocycles. The SMILES string of the molecule is CC(/C=N/NC(=N)N)=C\[C@@]1(O)CC[C@]2(O)[C@@H]3CC[C@@H]4C[C@@H](O)CC[C@]4(C)[C@H]3CC[C@]12C. The van der Waals surface area contributed by atoms with E-state index in [2.05, 4.69) is 24.4 Å². The van der Waals surface area contributed by atoms with Crippen molar-refractivity contribution in [2.45, 2.75) is 95.9 Å². The van der Waals surface area contributed by atoms with Crippen LogP contribution >= 0.6 is 0 Å². The van der Waals surface area contributed by atoms with Crippen molar-refractivity contribution < 1.29 is 15.3 Å². The summed E-state index contributed by atoms with van der Waals surface area (Å²) in [6, 6.07) is 0. The summed E-state index contributed by atoms with van der Waals surface area (Å²) in [5, 5.41) is 45.3.